The molecule has 0 spiro atoms. The van der Waals surface area contributed by atoms with Crippen LogP contribution in [0, 0.1) is 23.7 Å². The van der Waals surface area contributed by atoms with Crippen molar-refractivity contribution >= 4 is 5.97 Å². The molecule has 8 nitrogen and oxygen atoms in total. The Morgan fingerprint density at radius 3 is 2.06 bits per heavy atom. The Kier molecular flexibility index (Phi) is 8.13. The van der Waals surface area contributed by atoms with Gasteiger partial charge >= 0.3 is 5.97 Å². The maximum absolute atomic E-state index is 12.9. The second-order valence-electron chi connectivity index (χ2n) is 11.1. The summed E-state index contributed by atoms with van der Waals surface area (Å²) in [4.78, 5) is 12.9. The lowest BCUT2D eigenvalue weighted by atomic mass is 9.73. The zero-order valence-electron chi connectivity index (χ0n) is 21.0. The summed E-state index contributed by atoms with van der Waals surface area (Å²) in [5.41, 5.74) is -3.06. The highest BCUT2D eigenvalue weighted by Gasteiger charge is 2.55. The van der Waals surface area contributed by atoms with E-state index >= 15 is 0 Å². The highest BCUT2D eigenvalue weighted by molar-refractivity contribution is 5.73. The summed E-state index contributed by atoms with van der Waals surface area (Å²) in [5, 5.41) is 44.4. The van der Waals surface area contributed by atoms with Crippen molar-refractivity contribution in [2.45, 2.75) is 123 Å². The van der Waals surface area contributed by atoms with E-state index in [-0.39, 0.29) is 18.3 Å². The zero-order valence-corrected chi connectivity index (χ0v) is 21.0. The third-order valence-corrected chi connectivity index (χ3v) is 7.54. The maximum Gasteiger partial charge on any atom is 0.311 e. The van der Waals surface area contributed by atoms with Crippen LogP contribution in [0.4, 0.5) is 0 Å². The molecule has 0 aromatic rings. The number of rotatable bonds is 1. The number of cyclic esters (lactones) is 1. The van der Waals surface area contributed by atoms with Gasteiger partial charge in [-0.2, -0.15) is 0 Å². The van der Waals surface area contributed by atoms with Crippen molar-refractivity contribution in [1.82, 2.24) is 0 Å². The number of carbonyl (C=O) groups is 1. The van der Waals surface area contributed by atoms with Gasteiger partial charge in [-0.05, 0) is 53.4 Å². The van der Waals surface area contributed by atoms with Crippen molar-refractivity contribution in [3.63, 3.8) is 0 Å². The lowest BCUT2D eigenvalue weighted by Gasteiger charge is -2.53. The highest BCUT2D eigenvalue weighted by atomic mass is 16.7. The van der Waals surface area contributed by atoms with Crippen LogP contribution in [-0.2, 0) is 19.0 Å². The first-order valence-corrected chi connectivity index (χ1v) is 11.8. The number of carbonyl (C=O) groups excluding carboxylic acids is 1. The third-order valence-electron chi connectivity index (χ3n) is 7.54. The summed E-state index contributed by atoms with van der Waals surface area (Å²) in [7, 11) is 0. The molecular formula is C24H44O8. The van der Waals surface area contributed by atoms with Gasteiger partial charge in [0.25, 0.3) is 0 Å². The van der Waals surface area contributed by atoms with E-state index in [1.807, 2.05) is 20.8 Å². The van der Waals surface area contributed by atoms with Gasteiger partial charge in [0.1, 0.15) is 11.7 Å². The molecule has 32 heavy (non-hydrogen) atoms. The molecule has 0 aromatic heterocycles. The first-order valence-electron chi connectivity index (χ1n) is 11.8. The van der Waals surface area contributed by atoms with E-state index in [1.165, 1.54) is 13.8 Å². The van der Waals surface area contributed by atoms with E-state index in [0.29, 0.717) is 6.42 Å². The molecule has 188 valence electrons. The summed E-state index contributed by atoms with van der Waals surface area (Å²) in [6, 6.07) is 0. The molecule has 2 saturated heterocycles. The molecular weight excluding hydrogens is 416 g/mol. The number of esters is 1. The Balaban J connectivity index is 2.57. The fraction of sp³-hybridized carbons (Fsp3) is 0.958. The molecule has 0 saturated carbocycles. The van der Waals surface area contributed by atoms with Crippen molar-refractivity contribution < 1.29 is 39.4 Å². The van der Waals surface area contributed by atoms with Gasteiger partial charge in [-0.1, -0.05) is 27.7 Å². The molecule has 0 amide bonds. The predicted octanol–water partition coefficient (Wildman–Crippen LogP) is 2.00. The van der Waals surface area contributed by atoms with E-state index in [4.69, 9.17) is 14.2 Å². The molecule has 2 aliphatic heterocycles. The van der Waals surface area contributed by atoms with Crippen LogP contribution in [-0.4, -0.2) is 73.9 Å². The summed E-state index contributed by atoms with van der Waals surface area (Å²) < 4.78 is 18.1. The lowest BCUT2D eigenvalue weighted by Crippen LogP contribution is -2.64. The topological polar surface area (TPSA) is 126 Å². The number of hydrogen-bond donors (Lipinski definition) is 4. The zero-order chi connectivity index (χ0) is 24.8. The van der Waals surface area contributed by atoms with Crippen LogP contribution in [0.3, 0.4) is 0 Å². The van der Waals surface area contributed by atoms with E-state index < -0.39 is 65.3 Å². The fourth-order valence-corrected chi connectivity index (χ4v) is 5.62. The largest absolute Gasteiger partial charge is 0.459 e. The van der Waals surface area contributed by atoms with Crippen molar-refractivity contribution in [3.05, 3.63) is 0 Å². The van der Waals surface area contributed by atoms with Gasteiger partial charge in [-0.15, -0.1) is 0 Å². The van der Waals surface area contributed by atoms with Gasteiger partial charge in [0.05, 0.1) is 35.9 Å². The molecule has 4 N–H and O–H groups in total. The number of aliphatic hydroxyl groups is 4. The van der Waals surface area contributed by atoms with Crippen LogP contribution in [0.25, 0.3) is 0 Å². The van der Waals surface area contributed by atoms with Crippen LogP contribution in [0.15, 0.2) is 0 Å². The van der Waals surface area contributed by atoms with E-state index in [1.54, 1.807) is 27.7 Å². The standard InChI is InChI=1S/C24H44O8/c1-10-16-24(9,29)20-15(5)18(31-22(6,7)32-20)12(2)11-23(8,28)19(26)13(3)17(25)14(4)21(27)30-16/h12-20,25-26,28-29H,10-11H2,1-9H3/t12-,13+,14-,15+,16?,17+,18+,19-,20-,23-,24-/m1/s1. The highest BCUT2D eigenvalue weighted by Crippen LogP contribution is 2.43. The summed E-state index contributed by atoms with van der Waals surface area (Å²) in [6.45, 7) is 15.5. The monoisotopic (exact) mass is 460 g/mol. The minimum Gasteiger partial charge on any atom is -0.459 e. The van der Waals surface area contributed by atoms with Gasteiger partial charge in [0.2, 0.25) is 0 Å². The Morgan fingerprint density at radius 2 is 1.53 bits per heavy atom. The predicted molar refractivity (Wildman–Crippen MR) is 119 cm³/mol. The Morgan fingerprint density at radius 1 is 0.969 bits per heavy atom. The first-order chi connectivity index (χ1) is 14.5. The minimum atomic E-state index is -1.54. The average Bonchev–Trinajstić information content (AvgIpc) is 2.69. The number of ether oxygens (including phenoxy) is 3. The van der Waals surface area contributed by atoms with Crippen molar-refractivity contribution in [1.29, 1.82) is 0 Å². The fourth-order valence-electron chi connectivity index (χ4n) is 5.62. The molecule has 0 radical (unpaired) electrons. The SMILES string of the molecule is CCC1OC(=O)[C@H](C)[C@@H](O)[C@H](C)[C@@H](O)[C@](C)(O)C[C@@H](C)[C@@H]2OC(C)(C)O[C@H]([C@H]2C)[C@]1(C)O. The second kappa shape index (κ2) is 9.47. The van der Waals surface area contributed by atoms with Gasteiger partial charge < -0.3 is 34.6 Å². The Labute approximate surface area is 192 Å². The lowest BCUT2D eigenvalue weighted by molar-refractivity contribution is -0.359. The van der Waals surface area contributed by atoms with Gasteiger partial charge in [-0.25, -0.2) is 0 Å². The molecule has 2 bridgehead atoms. The first kappa shape index (κ1) is 27.5. The summed E-state index contributed by atoms with van der Waals surface area (Å²) in [6.07, 6.45) is -3.95. The minimum absolute atomic E-state index is 0.196. The Hall–Kier alpha value is -0.770. The molecule has 0 aliphatic carbocycles. The Bertz CT molecular complexity index is 660. The normalized spacial score (nSPS) is 50.9. The van der Waals surface area contributed by atoms with Crippen LogP contribution < -0.4 is 0 Å². The number of fused-ring (bicyclic) bond motifs is 2. The van der Waals surface area contributed by atoms with Crippen LogP contribution >= 0.6 is 0 Å². The smallest absolute Gasteiger partial charge is 0.311 e. The molecule has 1 unspecified atom stereocenters. The van der Waals surface area contributed by atoms with E-state index in [2.05, 4.69) is 0 Å². The van der Waals surface area contributed by atoms with E-state index in [9.17, 15) is 25.2 Å². The number of hydrogen-bond acceptors (Lipinski definition) is 8. The third kappa shape index (κ3) is 5.31. The maximum atomic E-state index is 12.9. The van der Waals surface area contributed by atoms with Gasteiger partial charge in [-0.3, -0.25) is 4.79 Å². The van der Waals surface area contributed by atoms with Crippen LogP contribution in [0.5, 0.6) is 0 Å². The van der Waals surface area contributed by atoms with Crippen LogP contribution in [0.1, 0.15) is 75.2 Å². The second-order valence-corrected chi connectivity index (χ2v) is 11.1. The molecule has 2 heterocycles. The van der Waals surface area contributed by atoms with E-state index in [0.717, 1.165) is 0 Å². The molecule has 11 atom stereocenters. The van der Waals surface area contributed by atoms with Gasteiger partial charge in [0.15, 0.2) is 5.79 Å². The van der Waals surface area contributed by atoms with Crippen LogP contribution in [0.2, 0.25) is 0 Å². The molecule has 2 fully saturated rings. The quantitative estimate of drug-likeness (QED) is 0.438. The average molecular weight is 461 g/mol. The summed E-state index contributed by atoms with van der Waals surface area (Å²) >= 11 is 0. The summed E-state index contributed by atoms with van der Waals surface area (Å²) in [5.74, 6) is -3.94. The molecule has 2 rings (SSSR count). The molecule has 0 aromatic carbocycles. The number of aliphatic hydroxyl groups excluding tert-OH is 2. The molecule has 2 aliphatic rings. The van der Waals surface area contributed by atoms with Crippen molar-refractivity contribution in [2.24, 2.45) is 23.7 Å². The molecule has 8 heteroatoms. The van der Waals surface area contributed by atoms with Gasteiger partial charge in [0, 0.05) is 11.8 Å². The van der Waals surface area contributed by atoms with Crippen molar-refractivity contribution in [2.75, 3.05) is 0 Å². The van der Waals surface area contributed by atoms with Crippen molar-refractivity contribution in [3.8, 4) is 0 Å².